The molecule has 0 fully saturated rings. The van der Waals surface area contributed by atoms with Gasteiger partial charge in [0.1, 0.15) is 10.8 Å². The molecular weight excluding hydrogens is 294 g/mol. The molecule has 3 rings (SSSR count). The molecule has 0 saturated carbocycles. The molecule has 0 amide bonds. The topological polar surface area (TPSA) is 42.4 Å². The molecule has 0 atom stereocenters. The zero-order valence-electron chi connectivity index (χ0n) is 12.5. The fraction of sp³-hybridized carbons (Fsp3) is 0.167. The first-order valence-electron chi connectivity index (χ1n) is 7.03. The molecule has 112 valence electrons. The van der Waals surface area contributed by atoms with E-state index in [1.165, 1.54) is 16.9 Å². The number of rotatable bonds is 4. The van der Waals surface area contributed by atoms with Crippen LogP contribution in [0.1, 0.15) is 10.6 Å². The van der Waals surface area contributed by atoms with E-state index in [0.717, 1.165) is 32.5 Å². The van der Waals surface area contributed by atoms with Crippen molar-refractivity contribution in [2.45, 2.75) is 13.5 Å². The SMILES string of the molecule is COc1ccc(-c2nc(CO)sc2-c2ccc(C)cc2)cc1. The van der Waals surface area contributed by atoms with Crippen LogP contribution in [0, 0.1) is 6.92 Å². The highest BCUT2D eigenvalue weighted by Crippen LogP contribution is 2.37. The molecule has 0 unspecified atom stereocenters. The summed E-state index contributed by atoms with van der Waals surface area (Å²) in [6.07, 6.45) is 0. The number of nitrogens with zero attached hydrogens (tertiary/aromatic N) is 1. The van der Waals surface area contributed by atoms with Crippen molar-refractivity contribution in [3.63, 3.8) is 0 Å². The van der Waals surface area contributed by atoms with Gasteiger partial charge >= 0.3 is 0 Å². The van der Waals surface area contributed by atoms with Gasteiger partial charge in [0.05, 0.1) is 24.3 Å². The standard InChI is InChI=1S/C18H17NO2S/c1-12-3-5-14(6-4-12)18-17(19-16(11-20)22-18)13-7-9-15(21-2)10-8-13/h3-10,20H,11H2,1-2H3. The molecule has 0 aliphatic rings. The summed E-state index contributed by atoms with van der Waals surface area (Å²) >= 11 is 1.53. The lowest BCUT2D eigenvalue weighted by Gasteiger charge is -2.05. The van der Waals surface area contributed by atoms with Crippen LogP contribution in [0.25, 0.3) is 21.7 Å². The summed E-state index contributed by atoms with van der Waals surface area (Å²) in [7, 11) is 1.65. The summed E-state index contributed by atoms with van der Waals surface area (Å²) < 4.78 is 5.20. The highest BCUT2D eigenvalue weighted by molar-refractivity contribution is 7.15. The number of benzene rings is 2. The molecule has 0 radical (unpaired) electrons. The first-order chi connectivity index (χ1) is 10.7. The molecule has 0 aliphatic heterocycles. The zero-order chi connectivity index (χ0) is 15.5. The van der Waals surface area contributed by atoms with Crippen molar-refractivity contribution >= 4 is 11.3 Å². The van der Waals surface area contributed by atoms with Gasteiger partial charge in [-0.1, -0.05) is 29.8 Å². The highest BCUT2D eigenvalue weighted by atomic mass is 32.1. The Kier molecular flexibility index (Phi) is 4.22. The number of aliphatic hydroxyl groups is 1. The number of ether oxygens (including phenoxy) is 1. The largest absolute Gasteiger partial charge is 0.497 e. The van der Waals surface area contributed by atoms with Crippen molar-refractivity contribution in [2.24, 2.45) is 0 Å². The quantitative estimate of drug-likeness (QED) is 0.781. The lowest BCUT2D eigenvalue weighted by Crippen LogP contribution is -1.86. The zero-order valence-corrected chi connectivity index (χ0v) is 13.4. The lowest BCUT2D eigenvalue weighted by atomic mass is 10.1. The van der Waals surface area contributed by atoms with Gasteiger partial charge in [0, 0.05) is 5.56 Å². The Morgan fingerprint density at radius 2 is 1.64 bits per heavy atom. The van der Waals surface area contributed by atoms with Crippen molar-refractivity contribution in [2.75, 3.05) is 7.11 Å². The summed E-state index contributed by atoms with van der Waals surface area (Å²) in [4.78, 5) is 5.66. The molecule has 3 aromatic rings. The Labute approximate surface area is 133 Å². The van der Waals surface area contributed by atoms with Gasteiger partial charge in [-0.15, -0.1) is 11.3 Å². The van der Waals surface area contributed by atoms with Crippen LogP contribution in [0.5, 0.6) is 5.75 Å². The van der Waals surface area contributed by atoms with Crippen LogP contribution in [0.2, 0.25) is 0 Å². The maximum atomic E-state index is 9.42. The van der Waals surface area contributed by atoms with Crippen LogP contribution in [-0.2, 0) is 6.61 Å². The maximum absolute atomic E-state index is 9.42. The fourth-order valence-electron chi connectivity index (χ4n) is 2.28. The van der Waals surface area contributed by atoms with Crippen molar-refractivity contribution < 1.29 is 9.84 Å². The number of aryl methyl sites for hydroxylation is 1. The van der Waals surface area contributed by atoms with E-state index in [4.69, 9.17) is 4.74 Å². The van der Waals surface area contributed by atoms with Gasteiger partial charge in [-0.3, -0.25) is 0 Å². The minimum atomic E-state index is -0.0420. The molecule has 4 heteroatoms. The number of aromatic nitrogens is 1. The van der Waals surface area contributed by atoms with Gasteiger partial charge in [-0.25, -0.2) is 4.98 Å². The molecule has 1 heterocycles. The Morgan fingerprint density at radius 1 is 1.00 bits per heavy atom. The molecule has 1 aromatic heterocycles. The van der Waals surface area contributed by atoms with Gasteiger partial charge in [0.25, 0.3) is 0 Å². The van der Waals surface area contributed by atoms with Gasteiger partial charge in [-0.05, 0) is 36.8 Å². The Bertz CT molecular complexity index is 761. The summed E-state index contributed by atoms with van der Waals surface area (Å²) in [5.74, 6) is 0.818. The summed E-state index contributed by atoms with van der Waals surface area (Å²) in [6, 6.07) is 16.2. The Hall–Kier alpha value is -2.17. The number of methoxy groups -OCH3 is 1. The average molecular weight is 311 g/mol. The van der Waals surface area contributed by atoms with E-state index >= 15 is 0 Å². The molecule has 1 N–H and O–H groups in total. The smallest absolute Gasteiger partial charge is 0.119 e. The average Bonchev–Trinajstić information content (AvgIpc) is 3.00. The summed E-state index contributed by atoms with van der Waals surface area (Å²) in [6.45, 7) is 2.03. The van der Waals surface area contributed by atoms with Crippen molar-refractivity contribution in [3.05, 3.63) is 59.1 Å². The van der Waals surface area contributed by atoms with E-state index in [1.54, 1.807) is 7.11 Å². The summed E-state index contributed by atoms with van der Waals surface area (Å²) in [5, 5.41) is 10.1. The minimum Gasteiger partial charge on any atom is -0.497 e. The predicted molar refractivity (Wildman–Crippen MR) is 90.2 cm³/mol. The second kappa shape index (κ2) is 6.30. The van der Waals surface area contributed by atoms with Crippen molar-refractivity contribution in [1.29, 1.82) is 0 Å². The molecule has 0 saturated heterocycles. The van der Waals surface area contributed by atoms with E-state index in [-0.39, 0.29) is 6.61 Å². The third kappa shape index (κ3) is 2.89. The van der Waals surface area contributed by atoms with Crippen LogP contribution in [0.3, 0.4) is 0 Å². The highest BCUT2D eigenvalue weighted by Gasteiger charge is 2.14. The van der Waals surface area contributed by atoms with Gasteiger partial charge in [-0.2, -0.15) is 0 Å². The van der Waals surface area contributed by atoms with E-state index in [2.05, 4.69) is 36.2 Å². The second-order valence-electron chi connectivity index (χ2n) is 5.04. The maximum Gasteiger partial charge on any atom is 0.119 e. The number of hydrogen-bond acceptors (Lipinski definition) is 4. The van der Waals surface area contributed by atoms with Crippen molar-refractivity contribution in [3.8, 4) is 27.4 Å². The first kappa shape index (κ1) is 14.8. The third-order valence-corrected chi connectivity index (χ3v) is 4.57. The molecule has 0 aliphatic carbocycles. The van der Waals surface area contributed by atoms with Crippen molar-refractivity contribution in [1.82, 2.24) is 4.98 Å². The third-order valence-electron chi connectivity index (χ3n) is 3.48. The molecule has 3 nitrogen and oxygen atoms in total. The normalized spacial score (nSPS) is 10.7. The summed E-state index contributed by atoms with van der Waals surface area (Å²) in [5.41, 5.74) is 4.27. The van der Waals surface area contributed by atoms with Gasteiger partial charge < -0.3 is 9.84 Å². The second-order valence-corrected chi connectivity index (χ2v) is 6.12. The van der Waals surface area contributed by atoms with E-state index in [9.17, 15) is 5.11 Å². The number of thiazole rings is 1. The van der Waals surface area contributed by atoms with E-state index in [1.807, 2.05) is 24.3 Å². The molecule has 22 heavy (non-hydrogen) atoms. The monoisotopic (exact) mass is 311 g/mol. The van der Waals surface area contributed by atoms with E-state index in [0.29, 0.717) is 0 Å². The van der Waals surface area contributed by atoms with E-state index < -0.39 is 0 Å². The van der Waals surface area contributed by atoms with Crippen LogP contribution < -0.4 is 4.74 Å². The van der Waals surface area contributed by atoms with Crippen LogP contribution in [-0.4, -0.2) is 17.2 Å². The number of aliphatic hydroxyl groups excluding tert-OH is 1. The Morgan fingerprint density at radius 3 is 2.23 bits per heavy atom. The van der Waals surface area contributed by atoms with Crippen LogP contribution >= 0.6 is 11.3 Å². The molecule has 0 bridgehead atoms. The first-order valence-corrected chi connectivity index (χ1v) is 7.85. The number of hydrogen-bond donors (Lipinski definition) is 1. The van der Waals surface area contributed by atoms with Gasteiger partial charge in [0.15, 0.2) is 0 Å². The Balaban J connectivity index is 2.09. The van der Waals surface area contributed by atoms with Crippen LogP contribution in [0.15, 0.2) is 48.5 Å². The van der Waals surface area contributed by atoms with Gasteiger partial charge in [0.2, 0.25) is 0 Å². The molecular formula is C18H17NO2S. The fourth-order valence-corrected chi connectivity index (χ4v) is 3.23. The minimum absolute atomic E-state index is 0.0420. The lowest BCUT2D eigenvalue weighted by molar-refractivity contribution is 0.281. The molecule has 0 spiro atoms. The predicted octanol–water partition coefficient (Wildman–Crippen LogP) is 4.29. The molecule has 2 aromatic carbocycles. The van der Waals surface area contributed by atoms with Crippen LogP contribution in [0.4, 0.5) is 0 Å².